The molecular weight excluding hydrogens is 318 g/mol. The van der Waals surface area contributed by atoms with Gasteiger partial charge in [-0.2, -0.15) is 0 Å². The number of halogens is 1. The molecule has 1 aliphatic rings. The summed E-state index contributed by atoms with van der Waals surface area (Å²) in [5.41, 5.74) is 3.15. The fraction of sp³-hybridized carbons (Fsp3) is 0.375. The molecular formula is C16H18ClN3O3. The maximum absolute atomic E-state index is 12.0. The maximum Gasteiger partial charge on any atom is 0.262 e. The number of amides is 1. The normalized spacial score (nSPS) is 16.3. The minimum atomic E-state index is -0.568. The van der Waals surface area contributed by atoms with E-state index >= 15 is 0 Å². The Morgan fingerprint density at radius 3 is 2.91 bits per heavy atom. The van der Waals surface area contributed by atoms with Crippen molar-refractivity contribution >= 4 is 23.2 Å². The van der Waals surface area contributed by atoms with Gasteiger partial charge in [0, 0.05) is 17.7 Å². The van der Waals surface area contributed by atoms with E-state index in [1.54, 1.807) is 6.07 Å². The average Bonchev–Trinajstić information content (AvgIpc) is 2.85. The molecule has 3 rings (SSSR count). The lowest BCUT2D eigenvalue weighted by Gasteiger charge is -2.27. The lowest BCUT2D eigenvalue weighted by atomic mass is 10.0. The molecule has 0 bridgehead atoms. The highest BCUT2D eigenvalue weighted by Crippen LogP contribution is 2.41. The van der Waals surface area contributed by atoms with Crippen molar-refractivity contribution in [3.8, 4) is 16.9 Å². The number of aromatic nitrogens is 1. The molecule has 0 saturated heterocycles. The predicted octanol–water partition coefficient (Wildman–Crippen LogP) is 2.92. The number of benzene rings is 1. The van der Waals surface area contributed by atoms with Crippen LogP contribution >= 0.6 is 11.6 Å². The molecule has 1 atom stereocenters. The van der Waals surface area contributed by atoms with E-state index in [4.69, 9.17) is 20.9 Å². The lowest BCUT2D eigenvalue weighted by Crippen LogP contribution is -2.44. The molecule has 7 heteroatoms. The lowest BCUT2D eigenvalue weighted by molar-refractivity contribution is -0.127. The molecule has 1 aromatic carbocycles. The maximum atomic E-state index is 12.0. The third-order valence-corrected chi connectivity index (χ3v) is 4.08. The standard InChI is InChI=1S/C16H18ClN3O3/c1-4-18-16(21)14-7-19-12-6-11(17)10(5-13(12)22-14)15-8(2)20-23-9(15)3/h5-6,14,19H,4,7H2,1-3H3,(H,18,21). The van der Waals surface area contributed by atoms with Crippen molar-refractivity contribution in [2.24, 2.45) is 0 Å². The van der Waals surface area contributed by atoms with Crippen molar-refractivity contribution in [3.05, 3.63) is 28.6 Å². The smallest absolute Gasteiger partial charge is 0.262 e. The second-order valence-corrected chi connectivity index (χ2v) is 5.82. The van der Waals surface area contributed by atoms with Crippen molar-refractivity contribution in [3.63, 3.8) is 0 Å². The van der Waals surface area contributed by atoms with Crippen molar-refractivity contribution in [1.82, 2.24) is 10.5 Å². The molecule has 1 amide bonds. The Kier molecular flexibility index (Phi) is 4.17. The number of hydrogen-bond donors (Lipinski definition) is 2. The number of carbonyl (C=O) groups is 1. The number of ether oxygens (including phenoxy) is 1. The Morgan fingerprint density at radius 1 is 1.48 bits per heavy atom. The third kappa shape index (κ3) is 2.86. The summed E-state index contributed by atoms with van der Waals surface area (Å²) in [6.07, 6.45) is -0.568. The van der Waals surface area contributed by atoms with Gasteiger partial charge in [0.1, 0.15) is 11.5 Å². The molecule has 23 heavy (non-hydrogen) atoms. The molecule has 2 aromatic rings. The van der Waals surface area contributed by atoms with E-state index in [2.05, 4.69) is 15.8 Å². The summed E-state index contributed by atoms with van der Waals surface area (Å²) in [6, 6.07) is 3.62. The highest BCUT2D eigenvalue weighted by molar-refractivity contribution is 6.33. The molecule has 122 valence electrons. The van der Waals surface area contributed by atoms with E-state index < -0.39 is 6.10 Å². The number of aryl methyl sites for hydroxylation is 2. The van der Waals surface area contributed by atoms with Gasteiger partial charge in [0.15, 0.2) is 6.10 Å². The molecule has 2 heterocycles. The van der Waals surface area contributed by atoms with Crippen LogP contribution in [0.2, 0.25) is 5.02 Å². The van der Waals surface area contributed by atoms with E-state index in [0.29, 0.717) is 29.6 Å². The molecule has 0 radical (unpaired) electrons. The molecule has 0 aliphatic carbocycles. The second-order valence-electron chi connectivity index (χ2n) is 5.41. The topological polar surface area (TPSA) is 76.4 Å². The number of anilines is 1. The highest BCUT2D eigenvalue weighted by Gasteiger charge is 2.27. The summed E-state index contributed by atoms with van der Waals surface area (Å²) in [5.74, 6) is 1.14. The fourth-order valence-electron chi connectivity index (χ4n) is 2.68. The number of nitrogens with one attached hydrogen (secondary N) is 2. The van der Waals surface area contributed by atoms with Gasteiger partial charge in [0.25, 0.3) is 5.91 Å². The number of rotatable bonds is 3. The summed E-state index contributed by atoms with van der Waals surface area (Å²) in [7, 11) is 0. The summed E-state index contributed by atoms with van der Waals surface area (Å²) in [6.45, 7) is 6.54. The van der Waals surface area contributed by atoms with Gasteiger partial charge in [-0.05, 0) is 32.9 Å². The number of nitrogens with zero attached hydrogens (tertiary/aromatic N) is 1. The zero-order valence-electron chi connectivity index (χ0n) is 13.2. The average molecular weight is 336 g/mol. The van der Waals surface area contributed by atoms with Gasteiger partial charge in [0.05, 0.1) is 22.9 Å². The molecule has 2 N–H and O–H groups in total. The van der Waals surface area contributed by atoms with Crippen LogP contribution in [0.25, 0.3) is 11.1 Å². The van der Waals surface area contributed by atoms with Gasteiger partial charge >= 0.3 is 0 Å². The molecule has 1 unspecified atom stereocenters. The SMILES string of the molecule is CCNC(=O)C1CNc2cc(Cl)c(-c3c(C)noc3C)cc2O1. The summed E-state index contributed by atoms with van der Waals surface area (Å²) < 4.78 is 11.0. The Morgan fingerprint density at radius 2 is 2.26 bits per heavy atom. The Labute approximate surface area is 139 Å². The van der Waals surface area contributed by atoms with Crippen LogP contribution in [-0.2, 0) is 4.79 Å². The van der Waals surface area contributed by atoms with Gasteiger partial charge in [0.2, 0.25) is 0 Å². The number of fused-ring (bicyclic) bond motifs is 1. The monoisotopic (exact) mass is 335 g/mol. The summed E-state index contributed by atoms with van der Waals surface area (Å²) in [5, 5.41) is 10.5. The molecule has 1 aromatic heterocycles. The molecule has 0 spiro atoms. The Bertz CT molecular complexity index is 738. The van der Waals surface area contributed by atoms with Crippen LogP contribution in [0.15, 0.2) is 16.7 Å². The van der Waals surface area contributed by atoms with E-state index in [-0.39, 0.29) is 5.91 Å². The third-order valence-electron chi connectivity index (χ3n) is 3.76. The van der Waals surface area contributed by atoms with Crippen LogP contribution in [-0.4, -0.2) is 30.3 Å². The molecule has 0 saturated carbocycles. The quantitative estimate of drug-likeness (QED) is 0.902. The van der Waals surface area contributed by atoms with Crippen molar-refractivity contribution in [2.75, 3.05) is 18.4 Å². The zero-order chi connectivity index (χ0) is 16.6. The minimum absolute atomic E-state index is 0.139. The largest absolute Gasteiger partial charge is 0.477 e. The van der Waals surface area contributed by atoms with Crippen molar-refractivity contribution in [1.29, 1.82) is 0 Å². The van der Waals surface area contributed by atoms with Crippen LogP contribution in [0.1, 0.15) is 18.4 Å². The Balaban J connectivity index is 1.98. The van der Waals surface area contributed by atoms with Crippen LogP contribution in [0, 0.1) is 13.8 Å². The predicted molar refractivity (Wildman–Crippen MR) is 88.0 cm³/mol. The van der Waals surface area contributed by atoms with E-state index in [9.17, 15) is 4.79 Å². The van der Waals surface area contributed by atoms with E-state index in [0.717, 1.165) is 22.5 Å². The first kappa shape index (κ1) is 15.7. The fourth-order valence-corrected chi connectivity index (χ4v) is 2.94. The second kappa shape index (κ2) is 6.12. The van der Waals surface area contributed by atoms with Gasteiger partial charge in [-0.1, -0.05) is 16.8 Å². The Hall–Kier alpha value is -2.21. The zero-order valence-corrected chi connectivity index (χ0v) is 14.0. The summed E-state index contributed by atoms with van der Waals surface area (Å²) in [4.78, 5) is 12.0. The van der Waals surface area contributed by atoms with Crippen LogP contribution in [0.4, 0.5) is 5.69 Å². The van der Waals surface area contributed by atoms with Gasteiger partial charge in [-0.25, -0.2) is 0 Å². The van der Waals surface area contributed by atoms with Crippen molar-refractivity contribution < 1.29 is 14.1 Å². The van der Waals surface area contributed by atoms with Crippen LogP contribution in [0.3, 0.4) is 0 Å². The first-order valence-corrected chi connectivity index (χ1v) is 7.84. The van der Waals surface area contributed by atoms with Gasteiger partial charge in [-0.15, -0.1) is 0 Å². The van der Waals surface area contributed by atoms with Crippen LogP contribution < -0.4 is 15.4 Å². The molecule has 1 aliphatic heterocycles. The molecule has 6 nitrogen and oxygen atoms in total. The number of likely N-dealkylation sites (N-methyl/N-ethyl adjacent to an activating group) is 1. The molecule has 0 fully saturated rings. The first-order chi connectivity index (χ1) is 11.0. The summed E-state index contributed by atoms with van der Waals surface area (Å²) >= 11 is 6.40. The minimum Gasteiger partial charge on any atom is -0.477 e. The number of carbonyl (C=O) groups excluding carboxylic acids is 1. The van der Waals surface area contributed by atoms with Gasteiger partial charge in [-0.3, -0.25) is 4.79 Å². The van der Waals surface area contributed by atoms with Crippen LogP contribution in [0.5, 0.6) is 5.75 Å². The highest BCUT2D eigenvalue weighted by atomic mass is 35.5. The number of hydrogen-bond acceptors (Lipinski definition) is 5. The van der Waals surface area contributed by atoms with Crippen molar-refractivity contribution in [2.45, 2.75) is 26.9 Å². The van der Waals surface area contributed by atoms with E-state index in [1.807, 2.05) is 26.8 Å². The first-order valence-electron chi connectivity index (χ1n) is 7.46. The van der Waals surface area contributed by atoms with Gasteiger partial charge < -0.3 is 19.9 Å². The van der Waals surface area contributed by atoms with E-state index in [1.165, 1.54) is 0 Å².